The highest BCUT2D eigenvalue weighted by atomic mass is 32.1. The van der Waals surface area contributed by atoms with Gasteiger partial charge in [-0.15, -0.1) is 11.3 Å². The van der Waals surface area contributed by atoms with E-state index in [1.165, 1.54) is 0 Å². The molecule has 4 heterocycles. The number of hydrogen-bond acceptors (Lipinski definition) is 4. The van der Waals surface area contributed by atoms with Crippen molar-refractivity contribution in [3.8, 4) is 0 Å². The van der Waals surface area contributed by atoms with Crippen LogP contribution in [0.5, 0.6) is 0 Å². The lowest BCUT2D eigenvalue weighted by Crippen LogP contribution is -2.52. The molecular weight excluding hydrogens is 308 g/mol. The summed E-state index contributed by atoms with van der Waals surface area (Å²) in [6.07, 6.45) is 2.04. The Labute approximate surface area is 140 Å². The van der Waals surface area contributed by atoms with E-state index in [1.54, 1.807) is 16.2 Å². The number of piperidine rings is 3. The number of carbonyl (C=O) groups is 1. The average Bonchev–Trinajstić information content (AvgIpc) is 3.11. The lowest BCUT2D eigenvalue weighted by Gasteiger charge is -2.44. The Bertz CT molecular complexity index is 651. The molecule has 0 aliphatic carbocycles. The fraction of sp³-hybridized carbons (Fsp3) is 0.389. The molecule has 3 aliphatic heterocycles. The summed E-state index contributed by atoms with van der Waals surface area (Å²) >= 11 is 1.55. The second-order valence-electron chi connectivity index (χ2n) is 6.18. The van der Waals surface area contributed by atoms with Crippen molar-refractivity contribution in [3.05, 3.63) is 47.8 Å². The van der Waals surface area contributed by atoms with Crippen molar-refractivity contribution in [2.45, 2.75) is 18.9 Å². The van der Waals surface area contributed by atoms with Crippen LogP contribution < -0.4 is 4.90 Å². The van der Waals surface area contributed by atoms with Gasteiger partial charge in [0.25, 0.3) is 0 Å². The number of fused-ring (bicyclic) bond motifs is 3. The van der Waals surface area contributed by atoms with E-state index in [2.05, 4.69) is 4.90 Å². The van der Waals surface area contributed by atoms with Crippen LogP contribution in [0.15, 0.2) is 47.8 Å². The Kier molecular flexibility index (Phi) is 4.06. The number of rotatable bonds is 3. The maximum absolute atomic E-state index is 12.9. The summed E-state index contributed by atoms with van der Waals surface area (Å²) in [5.41, 5.74) is 0.848. The van der Waals surface area contributed by atoms with Gasteiger partial charge >= 0.3 is 6.09 Å². The summed E-state index contributed by atoms with van der Waals surface area (Å²) in [6, 6.07) is 13.6. The molecule has 4 nitrogen and oxygen atoms in total. The standard InChI is InChI=1S/C18H20N2O2S/c21-18(22-16-13-19-10-8-14(16)9-11-19)20(17-7-4-12-23-17)15-5-2-1-3-6-15/h1-7,12,14,16H,8-11,13H2/t16-/m0/s1. The van der Waals surface area contributed by atoms with E-state index < -0.39 is 0 Å². The number of nitrogens with zero attached hydrogens (tertiary/aromatic N) is 2. The Morgan fingerprint density at radius 3 is 2.52 bits per heavy atom. The van der Waals surface area contributed by atoms with Crippen molar-refractivity contribution < 1.29 is 9.53 Å². The van der Waals surface area contributed by atoms with E-state index in [9.17, 15) is 4.79 Å². The molecule has 2 bridgehead atoms. The number of thiophene rings is 1. The van der Waals surface area contributed by atoms with Crippen LogP contribution >= 0.6 is 11.3 Å². The molecule has 1 aromatic heterocycles. The molecule has 3 saturated heterocycles. The lowest BCUT2D eigenvalue weighted by atomic mass is 9.86. The van der Waals surface area contributed by atoms with Crippen molar-refractivity contribution >= 4 is 28.1 Å². The van der Waals surface area contributed by atoms with Gasteiger partial charge in [-0.3, -0.25) is 4.90 Å². The van der Waals surface area contributed by atoms with Crippen molar-refractivity contribution in [2.75, 3.05) is 24.5 Å². The lowest BCUT2D eigenvalue weighted by molar-refractivity contribution is -0.0303. The van der Waals surface area contributed by atoms with Gasteiger partial charge in [0.15, 0.2) is 0 Å². The van der Waals surface area contributed by atoms with Gasteiger partial charge in [0, 0.05) is 6.54 Å². The molecule has 1 atom stereocenters. The first-order valence-electron chi connectivity index (χ1n) is 8.13. The summed E-state index contributed by atoms with van der Waals surface area (Å²) < 4.78 is 5.92. The van der Waals surface area contributed by atoms with Crippen LogP contribution in [-0.4, -0.2) is 36.7 Å². The molecule has 0 N–H and O–H groups in total. The molecule has 23 heavy (non-hydrogen) atoms. The van der Waals surface area contributed by atoms with Gasteiger partial charge in [0.05, 0.1) is 5.69 Å². The highest BCUT2D eigenvalue weighted by Crippen LogP contribution is 2.33. The summed E-state index contributed by atoms with van der Waals surface area (Å²) in [6.45, 7) is 3.17. The average molecular weight is 328 g/mol. The minimum atomic E-state index is -0.266. The van der Waals surface area contributed by atoms with Crippen molar-refractivity contribution in [1.82, 2.24) is 4.90 Å². The second kappa shape index (κ2) is 6.34. The van der Waals surface area contributed by atoms with Crippen LogP contribution in [-0.2, 0) is 4.74 Å². The summed E-state index contributed by atoms with van der Waals surface area (Å²) in [5, 5.41) is 2.87. The molecule has 1 amide bonds. The molecule has 0 spiro atoms. The zero-order chi connectivity index (χ0) is 15.6. The topological polar surface area (TPSA) is 32.8 Å². The third-order valence-electron chi connectivity index (χ3n) is 4.77. The predicted octanol–water partition coefficient (Wildman–Crippen LogP) is 4.12. The van der Waals surface area contributed by atoms with Crippen LogP contribution in [0.2, 0.25) is 0 Å². The van der Waals surface area contributed by atoms with E-state index in [-0.39, 0.29) is 12.2 Å². The molecule has 0 unspecified atom stereocenters. The number of benzene rings is 1. The predicted molar refractivity (Wildman–Crippen MR) is 92.3 cm³/mol. The largest absolute Gasteiger partial charge is 0.444 e. The third kappa shape index (κ3) is 2.99. The molecular formula is C18H20N2O2S. The molecule has 0 saturated carbocycles. The molecule has 3 aliphatic rings. The Balaban J connectivity index is 1.56. The highest BCUT2D eigenvalue weighted by molar-refractivity contribution is 7.14. The normalized spacial score (nSPS) is 26.0. The van der Waals surface area contributed by atoms with E-state index >= 15 is 0 Å². The second-order valence-corrected chi connectivity index (χ2v) is 7.11. The molecule has 5 heteroatoms. The zero-order valence-corrected chi connectivity index (χ0v) is 13.7. The van der Waals surface area contributed by atoms with Crippen LogP contribution in [0.25, 0.3) is 0 Å². The van der Waals surface area contributed by atoms with E-state index in [4.69, 9.17) is 4.74 Å². The number of carbonyl (C=O) groups excluding carboxylic acids is 1. The highest BCUT2D eigenvalue weighted by Gasteiger charge is 2.37. The summed E-state index contributed by atoms with van der Waals surface area (Å²) in [5.74, 6) is 0.518. The molecule has 1 aromatic carbocycles. The molecule has 3 fully saturated rings. The van der Waals surface area contributed by atoms with Crippen molar-refractivity contribution in [3.63, 3.8) is 0 Å². The fourth-order valence-electron chi connectivity index (χ4n) is 3.52. The minimum absolute atomic E-state index is 0.0242. The van der Waals surface area contributed by atoms with Crippen LogP contribution in [0.1, 0.15) is 12.8 Å². The van der Waals surface area contributed by atoms with Crippen LogP contribution in [0.3, 0.4) is 0 Å². The van der Waals surface area contributed by atoms with Gasteiger partial charge in [-0.05, 0) is 61.5 Å². The van der Waals surface area contributed by atoms with Gasteiger partial charge in [-0.2, -0.15) is 0 Å². The van der Waals surface area contributed by atoms with Gasteiger partial charge in [0.1, 0.15) is 11.1 Å². The number of hydrogen-bond donors (Lipinski definition) is 0. The van der Waals surface area contributed by atoms with Crippen LogP contribution in [0, 0.1) is 5.92 Å². The Morgan fingerprint density at radius 1 is 1.13 bits per heavy atom. The molecule has 2 aromatic rings. The monoisotopic (exact) mass is 328 g/mol. The minimum Gasteiger partial charge on any atom is -0.444 e. The van der Waals surface area contributed by atoms with E-state index in [0.29, 0.717) is 5.92 Å². The maximum Gasteiger partial charge on any atom is 0.419 e. The van der Waals surface area contributed by atoms with Crippen molar-refractivity contribution in [1.29, 1.82) is 0 Å². The SMILES string of the molecule is O=C(O[C@H]1CN2CCC1CC2)N(c1ccccc1)c1cccs1. The van der Waals surface area contributed by atoms with Gasteiger partial charge in [-0.25, -0.2) is 9.69 Å². The van der Waals surface area contributed by atoms with Crippen LogP contribution in [0.4, 0.5) is 15.5 Å². The third-order valence-corrected chi connectivity index (χ3v) is 5.63. The Hall–Kier alpha value is -1.85. The summed E-state index contributed by atoms with van der Waals surface area (Å²) in [7, 11) is 0. The first-order chi connectivity index (χ1) is 11.3. The first-order valence-corrected chi connectivity index (χ1v) is 9.01. The quantitative estimate of drug-likeness (QED) is 0.850. The number of ether oxygens (including phenoxy) is 1. The number of anilines is 2. The first kappa shape index (κ1) is 14.7. The molecule has 120 valence electrons. The van der Waals surface area contributed by atoms with Gasteiger partial charge < -0.3 is 4.74 Å². The van der Waals surface area contributed by atoms with Gasteiger partial charge in [0.2, 0.25) is 0 Å². The number of amides is 1. The Morgan fingerprint density at radius 2 is 1.91 bits per heavy atom. The van der Waals surface area contributed by atoms with E-state index in [1.807, 2.05) is 47.8 Å². The molecule has 5 rings (SSSR count). The zero-order valence-electron chi connectivity index (χ0n) is 12.9. The van der Waals surface area contributed by atoms with Gasteiger partial charge in [-0.1, -0.05) is 18.2 Å². The van der Waals surface area contributed by atoms with Crippen molar-refractivity contribution in [2.24, 2.45) is 5.92 Å². The smallest absolute Gasteiger partial charge is 0.419 e. The van der Waals surface area contributed by atoms with E-state index in [0.717, 1.165) is 43.2 Å². The fourth-order valence-corrected chi connectivity index (χ4v) is 4.26. The maximum atomic E-state index is 12.9. The summed E-state index contributed by atoms with van der Waals surface area (Å²) in [4.78, 5) is 17.0. The molecule has 0 radical (unpaired) electrons. The number of para-hydroxylation sites is 1.